The number of carbonyl (C=O) groups excluding carboxylic acids is 1. The highest BCUT2D eigenvalue weighted by Crippen LogP contribution is 2.32. The van der Waals surface area contributed by atoms with Crippen LogP contribution in [0.3, 0.4) is 0 Å². The lowest BCUT2D eigenvalue weighted by Crippen LogP contribution is -2.53. The molecular weight excluding hydrogens is 347 g/mol. The fraction of sp³-hybridized carbons (Fsp3) is 0.500. The average molecular weight is 367 g/mol. The molecule has 1 aliphatic rings. The molecule has 0 unspecified atom stereocenters. The van der Waals surface area contributed by atoms with E-state index in [4.69, 9.17) is 4.52 Å². The third kappa shape index (κ3) is 3.73. The van der Waals surface area contributed by atoms with Crippen LogP contribution in [0.5, 0.6) is 0 Å². The summed E-state index contributed by atoms with van der Waals surface area (Å²) >= 11 is 0. The number of ketones is 1. The summed E-state index contributed by atoms with van der Waals surface area (Å²) in [6.45, 7) is 6.55. The van der Waals surface area contributed by atoms with Crippen molar-refractivity contribution in [3.8, 4) is 0 Å². The molecule has 8 heteroatoms. The Hall–Kier alpha value is -2.38. The van der Waals surface area contributed by atoms with E-state index in [1.165, 1.54) is 6.07 Å². The van der Waals surface area contributed by atoms with E-state index < -0.39 is 17.8 Å². The van der Waals surface area contributed by atoms with Gasteiger partial charge in [-0.25, -0.2) is 4.98 Å². The molecule has 2 aromatic rings. The number of alkyl halides is 3. The zero-order chi connectivity index (χ0) is 19.1. The minimum atomic E-state index is -4.42. The first kappa shape index (κ1) is 18.4. The Bertz CT molecular complexity index is 791. The zero-order valence-corrected chi connectivity index (χ0v) is 14.8. The van der Waals surface area contributed by atoms with Gasteiger partial charge >= 0.3 is 6.18 Å². The summed E-state index contributed by atoms with van der Waals surface area (Å²) in [4.78, 5) is 18.1. The molecule has 1 saturated heterocycles. The van der Waals surface area contributed by atoms with Crippen molar-refractivity contribution in [2.75, 3.05) is 11.4 Å². The highest BCUT2D eigenvalue weighted by molar-refractivity contribution is 5.90. The molecule has 0 saturated carbocycles. The molecule has 1 aliphatic heterocycles. The third-order valence-electron chi connectivity index (χ3n) is 4.41. The van der Waals surface area contributed by atoms with Crippen molar-refractivity contribution >= 4 is 11.6 Å². The van der Waals surface area contributed by atoms with Crippen LogP contribution in [0.2, 0.25) is 0 Å². The summed E-state index contributed by atoms with van der Waals surface area (Å²) in [5.41, 5.74) is -0.435. The Morgan fingerprint density at radius 3 is 2.50 bits per heavy atom. The van der Waals surface area contributed by atoms with Crippen LogP contribution in [0.1, 0.15) is 44.2 Å². The van der Waals surface area contributed by atoms with E-state index in [9.17, 15) is 18.0 Å². The van der Waals surface area contributed by atoms with Crippen LogP contribution >= 0.6 is 0 Å². The fourth-order valence-electron chi connectivity index (χ4n) is 2.76. The summed E-state index contributed by atoms with van der Waals surface area (Å²) in [5, 5.41) is 3.94. The summed E-state index contributed by atoms with van der Waals surface area (Å²) in [5.74, 6) is 1.03. The molecule has 0 N–H and O–H groups in total. The summed E-state index contributed by atoms with van der Waals surface area (Å²) in [7, 11) is 0. The second-order valence-corrected chi connectivity index (χ2v) is 7.48. The number of hydrogen-bond donors (Lipinski definition) is 0. The van der Waals surface area contributed by atoms with Gasteiger partial charge in [-0.05, 0) is 18.6 Å². The molecule has 1 fully saturated rings. The van der Waals surface area contributed by atoms with Crippen molar-refractivity contribution in [2.45, 2.75) is 51.2 Å². The van der Waals surface area contributed by atoms with E-state index in [1.54, 1.807) is 11.0 Å². The van der Waals surface area contributed by atoms with Crippen molar-refractivity contribution in [1.29, 1.82) is 0 Å². The standard InChI is InChI=1S/C18H20F3N3O2/c1-17(2,3)15-9-12(23-26-15)8-14(25)13-6-7-24(13)16-5-4-11(10-22-16)18(19,20)21/h4-5,9-10,13H,6-8H2,1-3H3/t13-/m0/s1. The second kappa shape index (κ2) is 6.41. The maximum Gasteiger partial charge on any atom is 0.417 e. The largest absolute Gasteiger partial charge is 0.417 e. The van der Waals surface area contributed by atoms with Gasteiger partial charge < -0.3 is 9.42 Å². The van der Waals surface area contributed by atoms with Gasteiger partial charge in [-0.2, -0.15) is 13.2 Å². The molecule has 1 atom stereocenters. The smallest absolute Gasteiger partial charge is 0.361 e. The van der Waals surface area contributed by atoms with Gasteiger partial charge in [0.1, 0.15) is 11.6 Å². The highest BCUT2D eigenvalue weighted by Gasteiger charge is 2.36. The van der Waals surface area contributed by atoms with Gasteiger partial charge in [0, 0.05) is 24.2 Å². The molecule has 0 aliphatic carbocycles. The van der Waals surface area contributed by atoms with Crippen molar-refractivity contribution in [3.63, 3.8) is 0 Å². The molecule has 5 nitrogen and oxygen atoms in total. The normalized spacial score (nSPS) is 17.9. The van der Waals surface area contributed by atoms with Crippen molar-refractivity contribution < 1.29 is 22.5 Å². The van der Waals surface area contributed by atoms with Gasteiger partial charge in [0.15, 0.2) is 5.78 Å². The van der Waals surface area contributed by atoms with Crippen molar-refractivity contribution in [3.05, 3.63) is 41.4 Å². The minimum Gasteiger partial charge on any atom is -0.361 e. The zero-order valence-electron chi connectivity index (χ0n) is 14.8. The van der Waals surface area contributed by atoms with Crippen LogP contribution in [-0.2, 0) is 22.8 Å². The molecule has 3 rings (SSSR count). The molecule has 0 spiro atoms. The van der Waals surface area contributed by atoms with E-state index in [2.05, 4.69) is 10.1 Å². The van der Waals surface area contributed by atoms with E-state index in [-0.39, 0.29) is 17.6 Å². The van der Waals surface area contributed by atoms with E-state index in [1.807, 2.05) is 20.8 Å². The Morgan fingerprint density at radius 2 is 2.04 bits per heavy atom. The quantitative estimate of drug-likeness (QED) is 0.823. The number of rotatable bonds is 4. The first-order valence-electron chi connectivity index (χ1n) is 8.34. The number of anilines is 1. The molecule has 0 radical (unpaired) electrons. The summed E-state index contributed by atoms with van der Waals surface area (Å²) in [6.07, 6.45) is -2.86. The molecule has 0 aromatic carbocycles. The molecular formula is C18H20F3N3O2. The number of pyridine rings is 1. The SMILES string of the molecule is CC(C)(C)c1cc(CC(=O)[C@@H]2CCN2c2ccc(C(F)(F)F)cn2)no1. The molecule has 0 bridgehead atoms. The summed E-state index contributed by atoms with van der Waals surface area (Å²) < 4.78 is 43.2. The first-order valence-corrected chi connectivity index (χ1v) is 8.34. The second-order valence-electron chi connectivity index (χ2n) is 7.48. The number of Topliss-reactive ketones (excluding diaryl/α,β-unsaturated/α-hetero) is 1. The monoisotopic (exact) mass is 367 g/mol. The van der Waals surface area contributed by atoms with E-state index in [0.717, 1.165) is 12.3 Å². The Morgan fingerprint density at radius 1 is 1.31 bits per heavy atom. The maximum atomic E-state index is 12.6. The van der Waals surface area contributed by atoms with Crippen LogP contribution in [0, 0.1) is 0 Å². The predicted octanol–water partition coefficient (Wildman–Crippen LogP) is 3.78. The number of halogens is 3. The van der Waals surface area contributed by atoms with E-state index >= 15 is 0 Å². The lowest BCUT2D eigenvalue weighted by Gasteiger charge is -2.40. The van der Waals surface area contributed by atoms with Crippen LogP contribution in [0.15, 0.2) is 28.9 Å². The predicted molar refractivity (Wildman–Crippen MR) is 88.9 cm³/mol. The lowest BCUT2D eigenvalue weighted by molar-refractivity contribution is -0.137. The molecule has 3 heterocycles. The van der Waals surface area contributed by atoms with Crippen LogP contribution in [-0.4, -0.2) is 28.5 Å². The topological polar surface area (TPSA) is 59.2 Å². The molecule has 26 heavy (non-hydrogen) atoms. The van der Waals surface area contributed by atoms with Gasteiger partial charge in [-0.1, -0.05) is 25.9 Å². The Balaban J connectivity index is 1.66. The van der Waals surface area contributed by atoms with Crippen molar-refractivity contribution in [1.82, 2.24) is 10.1 Å². The highest BCUT2D eigenvalue weighted by atomic mass is 19.4. The minimum absolute atomic E-state index is 0.0493. The number of carbonyl (C=O) groups is 1. The van der Waals surface area contributed by atoms with Gasteiger partial charge in [0.25, 0.3) is 0 Å². The average Bonchev–Trinajstić information content (AvgIpc) is 2.94. The summed E-state index contributed by atoms with van der Waals surface area (Å²) in [6, 6.07) is 3.66. The van der Waals surface area contributed by atoms with Gasteiger partial charge in [-0.3, -0.25) is 4.79 Å². The Labute approximate surface area is 149 Å². The fourth-order valence-corrected chi connectivity index (χ4v) is 2.76. The lowest BCUT2D eigenvalue weighted by atomic mass is 9.92. The maximum absolute atomic E-state index is 12.6. The van der Waals surface area contributed by atoms with E-state index in [0.29, 0.717) is 30.2 Å². The third-order valence-corrected chi connectivity index (χ3v) is 4.41. The van der Waals surface area contributed by atoms with Gasteiger partial charge in [0.2, 0.25) is 0 Å². The van der Waals surface area contributed by atoms with Crippen LogP contribution in [0.25, 0.3) is 0 Å². The molecule has 140 valence electrons. The number of nitrogens with zero attached hydrogens (tertiary/aromatic N) is 3. The number of hydrogen-bond acceptors (Lipinski definition) is 5. The van der Waals surface area contributed by atoms with Crippen molar-refractivity contribution in [2.24, 2.45) is 0 Å². The van der Waals surface area contributed by atoms with Gasteiger partial charge in [-0.15, -0.1) is 0 Å². The first-order chi connectivity index (χ1) is 12.1. The van der Waals surface area contributed by atoms with Crippen LogP contribution in [0.4, 0.5) is 19.0 Å². The molecule has 0 amide bonds. The molecule has 2 aromatic heterocycles. The Kier molecular flexibility index (Phi) is 4.54. The van der Waals surface area contributed by atoms with Gasteiger partial charge in [0.05, 0.1) is 23.7 Å². The van der Waals surface area contributed by atoms with Crippen LogP contribution < -0.4 is 4.90 Å². The number of aromatic nitrogens is 2.